The van der Waals surface area contributed by atoms with Crippen LogP contribution in [0.2, 0.25) is 6.55 Å². The molecule has 4 heteroatoms. The van der Waals surface area contributed by atoms with Crippen LogP contribution in [0.3, 0.4) is 0 Å². The summed E-state index contributed by atoms with van der Waals surface area (Å²) in [6.45, 7) is 7.13. The van der Waals surface area contributed by atoms with Crippen molar-refractivity contribution in [3.8, 4) is 0 Å². The van der Waals surface area contributed by atoms with Gasteiger partial charge in [0.1, 0.15) is 9.52 Å². The van der Waals surface area contributed by atoms with Crippen LogP contribution in [0.15, 0.2) is 0 Å². The molecule has 2 nitrogen and oxygen atoms in total. The summed E-state index contributed by atoms with van der Waals surface area (Å²) in [7, 11) is -0.469. The molecule has 0 N–H and O–H groups in total. The summed E-state index contributed by atoms with van der Waals surface area (Å²) in [5.41, 5.74) is 0. The third kappa shape index (κ3) is 3.56. The van der Waals surface area contributed by atoms with Crippen LogP contribution < -0.4 is 0 Å². The van der Waals surface area contributed by atoms with Crippen molar-refractivity contribution >= 4 is 21.1 Å². The lowest BCUT2D eigenvalue weighted by Crippen LogP contribution is -2.34. The highest BCUT2D eigenvalue weighted by Gasteiger charge is 2.24. The molecule has 0 aliphatic carbocycles. The molecule has 0 aromatic rings. The Morgan fingerprint density at radius 1 is 1.30 bits per heavy atom. The zero-order valence-electron chi connectivity index (χ0n) is 6.82. The predicted octanol–water partition coefficient (Wildman–Crippen LogP) is 1.13. The van der Waals surface area contributed by atoms with Crippen molar-refractivity contribution in [2.75, 3.05) is 13.2 Å². The van der Waals surface area contributed by atoms with Crippen LogP contribution in [0.1, 0.15) is 13.8 Å². The summed E-state index contributed by atoms with van der Waals surface area (Å²) in [6.07, 6.45) is 0. The number of rotatable bonds is 5. The molecule has 0 spiro atoms. The van der Waals surface area contributed by atoms with Crippen LogP contribution in [-0.2, 0) is 9.47 Å². The van der Waals surface area contributed by atoms with Gasteiger partial charge in [-0.2, -0.15) is 0 Å². The van der Waals surface area contributed by atoms with E-state index in [2.05, 4.69) is 6.55 Å². The minimum absolute atomic E-state index is 0.469. The van der Waals surface area contributed by atoms with E-state index in [9.17, 15) is 0 Å². The Balaban J connectivity index is 3.69. The van der Waals surface area contributed by atoms with Crippen LogP contribution in [0.25, 0.3) is 0 Å². The van der Waals surface area contributed by atoms with Gasteiger partial charge in [0.05, 0.1) is 0 Å². The van der Waals surface area contributed by atoms with Crippen LogP contribution in [0.5, 0.6) is 0 Å². The molecule has 0 heterocycles. The largest absolute Gasteiger partial charge is 0.342 e. The summed E-state index contributed by atoms with van der Waals surface area (Å²) in [5.74, 6) is 0. The van der Waals surface area contributed by atoms with Gasteiger partial charge in [0.25, 0.3) is 0 Å². The van der Waals surface area contributed by atoms with Crippen LogP contribution in [0, 0.1) is 0 Å². The van der Waals surface area contributed by atoms with E-state index in [0.29, 0.717) is 13.2 Å². The Hall–Kier alpha value is 0.427. The molecule has 0 atom stereocenters. The second kappa shape index (κ2) is 5.13. The molecule has 0 radical (unpaired) electrons. The van der Waals surface area contributed by atoms with Gasteiger partial charge in [0.2, 0.25) is 4.87 Å². The van der Waals surface area contributed by atoms with Crippen molar-refractivity contribution in [2.45, 2.75) is 25.3 Å². The van der Waals surface area contributed by atoms with Gasteiger partial charge < -0.3 is 9.47 Å². The van der Waals surface area contributed by atoms with Crippen LogP contribution in [0.4, 0.5) is 0 Å². The zero-order valence-corrected chi connectivity index (χ0v) is 8.99. The Morgan fingerprint density at radius 2 is 1.70 bits per heavy atom. The van der Waals surface area contributed by atoms with Crippen molar-refractivity contribution in [1.82, 2.24) is 0 Å². The standard InChI is InChI=1S/C6H15ClO2Si/c1-4-8-6(7,10-3)9-5-2/h4-5,10H2,1-3H3. The second-order valence-corrected chi connectivity index (χ2v) is 4.54. The highest BCUT2D eigenvalue weighted by Crippen LogP contribution is 2.16. The zero-order chi connectivity index (χ0) is 8.04. The first-order chi connectivity index (χ1) is 4.68. The number of halogens is 1. The minimum atomic E-state index is -0.747. The highest BCUT2D eigenvalue weighted by atomic mass is 35.5. The van der Waals surface area contributed by atoms with E-state index in [0.717, 1.165) is 0 Å². The van der Waals surface area contributed by atoms with Gasteiger partial charge in [-0.15, -0.1) is 0 Å². The van der Waals surface area contributed by atoms with E-state index in [-0.39, 0.29) is 0 Å². The molecule has 0 aliphatic rings. The quantitative estimate of drug-likeness (QED) is 0.361. The predicted molar refractivity (Wildman–Crippen MR) is 46.2 cm³/mol. The summed E-state index contributed by atoms with van der Waals surface area (Å²) >= 11 is 5.94. The molecule has 0 saturated heterocycles. The lowest BCUT2D eigenvalue weighted by molar-refractivity contribution is -0.116. The molecule has 0 saturated carbocycles. The van der Waals surface area contributed by atoms with Crippen LogP contribution >= 0.6 is 11.6 Å². The minimum Gasteiger partial charge on any atom is -0.342 e. The molecule has 0 fully saturated rings. The number of alkyl halides is 1. The molecular formula is C6H15ClO2Si. The Bertz CT molecular complexity index is 83.8. The number of hydrogen-bond acceptors (Lipinski definition) is 2. The summed E-state index contributed by atoms with van der Waals surface area (Å²) < 4.78 is 10.4. The monoisotopic (exact) mass is 182 g/mol. The fourth-order valence-electron chi connectivity index (χ4n) is 0.677. The topological polar surface area (TPSA) is 18.5 Å². The average molecular weight is 183 g/mol. The first kappa shape index (κ1) is 10.4. The molecular weight excluding hydrogens is 168 g/mol. The fourth-order valence-corrected chi connectivity index (χ4v) is 1.71. The van der Waals surface area contributed by atoms with E-state index in [1.54, 1.807) is 0 Å². The van der Waals surface area contributed by atoms with Gasteiger partial charge in [-0.25, -0.2) is 0 Å². The fraction of sp³-hybridized carbons (Fsp3) is 1.00. The molecule has 0 aliphatic heterocycles. The molecule has 62 valence electrons. The molecule has 10 heavy (non-hydrogen) atoms. The van der Waals surface area contributed by atoms with E-state index in [1.165, 1.54) is 0 Å². The molecule has 0 aromatic carbocycles. The molecule has 0 bridgehead atoms. The lowest BCUT2D eigenvalue weighted by atomic mass is 10.8. The maximum atomic E-state index is 5.94. The van der Waals surface area contributed by atoms with Crippen molar-refractivity contribution in [2.24, 2.45) is 0 Å². The Kier molecular flexibility index (Phi) is 5.35. The van der Waals surface area contributed by atoms with Gasteiger partial charge in [0.15, 0.2) is 0 Å². The summed E-state index contributed by atoms with van der Waals surface area (Å²) in [5, 5.41) is 0. The maximum Gasteiger partial charge on any atom is 0.218 e. The summed E-state index contributed by atoms with van der Waals surface area (Å²) in [6, 6.07) is 0. The van der Waals surface area contributed by atoms with Crippen molar-refractivity contribution < 1.29 is 9.47 Å². The van der Waals surface area contributed by atoms with E-state index in [4.69, 9.17) is 21.1 Å². The molecule has 0 rings (SSSR count). The van der Waals surface area contributed by atoms with E-state index in [1.807, 2.05) is 13.8 Å². The van der Waals surface area contributed by atoms with E-state index >= 15 is 0 Å². The van der Waals surface area contributed by atoms with Gasteiger partial charge in [-0.3, -0.25) is 0 Å². The van der Waals surface area contributed by atoms with Gasteiger partial charge >= 0.3 is 0 Å². The normalized spacial score (nSPS) is 13.2. The maximum absolute atomic E-state index is 5.94. The first-order valence-corrected chi connectivity index (χ1v) is 6.15. The average Bonchev–Trinajstić information content (AvgIpc) is 1.89. The van der Waals surface area contributed by atoms with Crippen molar-refractivity contribution in [3.05, 3.63) is 0 Å². The van der Waals surface area contributed by atoms with Gasteiger partial charge in [-0.05, 0) is 13.8 Å². The number of hydrogen-bond donors (Lipinski definition) is 0. The SMILES string of the molecule is CCOC(Cl)(OCC)[SiH2]C. The summed E-state index contributed by atoms with van der Waals surface area (Å²) in [4.78, 5) is -0.747. The molecule has 0 unspecified atom stereocenters. The van der Waals surface area contributed by atoms with Gasteiger partial charge in [-0.1, -0.05) is 18.1 Å². The smallest absolute Gasteiger partial charge is 0.218 e. The lowest BCUT2D eigenvalue weighted by Gasteiger charge is -2.24. The third-order valence-corrected chi connectivity index (χ3v) is 3.41. The van der Waals surface area contributed by atoms with Crippen LogP contribution in [-0.4, -0.2) is 27.6 Å². The number of ether oxygens (including phenoxy) is 2. The first-order valence-electron chi connectivity index (χ1n) is 3.65. The van der Waals surface area contributed by atoms with E-state index < -0.39 is 14.4 Å². The Morgan fingerprint density at radius 3 is 1.90 bits per heavy atom. The molecule has 0 aromatic heterocycles. The van der Waals surface area contributed by atoms with Crippen molar-refractivity contribution in [3.63, 3.8) is 0 Å². The molecule has 0 amide bonds. The third-order valence-electron chi connectivity index (χ3n) is 1.14. The highest BCUT2D eigenvalue weighted by molar-refractivity contribution is 6.53. The second-order valence-electron chi connectivity index (χ2n) is 1.88. The van der Waals surface area contributed by atoms with Gasteiger partial charge in [0, 0.05) is 13.2 Å². The Labute approximate surface area is 69.7 Å². The van der Waals surface area contributed by atoms with Crippen molar-refractivity contribution in [1.29, 1.82) is 0 Å².